The Bertz CT molecular complexity index is 947. The van der Waals surface area contributed by atoms with Gasteiger partial charge in [0.25, 0.3) is 5.91 Å². The first-order chi connectivity index (χ1) is 15.3. The number of aliphatic hydroxyl groups is 1. The lowest BCUT2D eigenvalue weighted by atomic mass is 9.96. The second-order valence-corrected chi connectivity index (χ2v) is 8.43. The van der Waals surface area contributed by atoms with Gasteiger partial charge in [-0.15, -0.1) is 0 Å². The van der Waals surface area contributed by atoms with Gasteiger partial charge in [-0.3, -0.25) is 4.79 Å². The standard InChI is InChI=1S/C24H34N4O4/c1-5-25-23(27-15-24(4,30)21-11-16(2)32-17(21)3)26-13-18-7-6-8-20(12-18)31-14-22(29)28-19-9-10-19/h6-8,11-12,19,30H,5,9-10,13-15H2,1-4H3,(H,28,29)(H2,25,26,27). The maximum Gasteiger partial charge on any atom is 0.258 e. The predicted octanol–water partition coefficient (Wildman–Crippen LogP) is 2.52. The molecule has 0 bridgehead atoms. The summed E-state index contributed by atoms with van der Waals surface area (Å²) >= 11 is 0. The maximum atomic E-state index is 11.8. The summed E-state index contributed by atoms with van der Waals surface area (Å²) in [4.78, 5) is 16.4. The van der Waals surface area contributed by atoms with Crippen LogP contribution in [0, 0.1) is 13.8 Å². The highest BCUT2D eigenvalue weighted by atomic mass is 16.5. The summed E-state index contributed by atoms with van der Waals surface area (Å²) in [6, 6.07) is 9.73. The summed E-state index contributed by atoms with van der Waals surface area (Å²) in [5, 5.41) is 20.2. The third-order valence-corrected chi connectivity index (χ3v) is 5.20. The van der Waals surface area contributed by atoms with Crippen molar-refractivity contribution in [3.8, 4) is 5.75 Å². The van der Waals surface area contributed by atoms with Gasteiger partial charge in [0, 0.05) is 18.2 Å². The molecule has 0 saturated heterocycles. The highest BCUT2D eigenvalue weighted by molar-refractivity contribution is 5.80. The molecule has 1 fully saturated rings. The van der Waals surface area contributed by atoms with Crippen LogP contribution in [0.25, 0.3) is 0 Å². The lowest BCUT2D eigenvalue weighted by Gasteiger charge is -2.24. The molecule has 1 aromatic carbocycles. The van der Waals surface area contributed by atoms with Crippen LogP contribution in [-0.2, 0) is 16.9 Å². The SMILES string of the molecule is CCNC(=NCc1cccc(OCC(=O)NC2CC2)c1)NCC(C)(O)c1cc(C)oc1C. The van der Waals surface area contributed by atoms with Crippen molar-refractivity contribution in [3.63, 3.8) is 0 Å². The zero-order valence-electron chi connectivity index (χ0n) is 19.3. The molecule has 3 rings (SSSR count). The van der Waals surface area contributed by atoms with Gasteiger partial charge < -0.3 is 30.2 Å². The summed E-state index contributed by atoms with van der Waals surface area (Å²) in [7, 11) is 0. The number of furan rings is 1. The molecule has 8 nitrogen and oxygen atoms in total. The normalized spacial score (nSPS) is 15.7. The number of hydrogen-bond donors (Lipinski definition) is 4. The van der Waals surface area contributed by atoms with Crippen molar-refractivity contribution < 1.29 is 19.1 Å². The summed E-state index contributed by atoms with van der Waals surface area (Å²) in [6.45, 7) is 8.85. The molecule has 1 unspecified atom stereocenters. The van der Waals surface area contributed by atoms with Gasteiger partial charge in [0.1, 0.15) is 22.9 Å². The number of amides is 1. The minimum atomic E-state index is -1.10. The number of nitrogens with one attached hydrogen (secondary N) is 3. The Morgan fingerprint density at radius 3 is 2.72 bits per heavy atom. The molecule has 2 aromatic rings. The van der Waals surface area contributed by atoms with Crippen molar-refractivity contribution >= 4 is 11.9 Å². The fraction of sp³-hybridized carbons (Fsp3) is 0.500. The van der Waals surface area contributed by atoms with E-state index in [9.17, 15) is 9.90 Å². The fourth-order valence-corrected chi connectivity index (χ4v) is 3.41. The molecule has 1 aliphatic carbocycles. The number of carbonyl (C=O) groups is 1. The predicted molar refractivity (Wildman–Crippen MR) is 124 cm³/mol. The Morgan fingerprint density at radius 2 is 2.06 bits per heavy atom. The van der Waals surface area contributed by atoms with Gasteiger partial charge in [-0.05, 0) is 64.3 Å². The largest absolute Gasteiger partial charge is 0.484 e. The Hall–Kier alpha value is -3.00. The van der Waals surface area contributed by atoms with Crippen molar-refractivity contribution in [2.24, 2.45) is 4.99 Å². The second-order valence-electron chi connectivity index (χ2n) is 8.43. The molecular weight excluding hydrogens is 408 g/mol. The number of carbonyl (C=O) groups excluding carboxylic acids is 1. The number of guanidine groups is 1. The van der Waals surface area contributed by atoms with Crippen molar-refractivity contribution in [2.75, 3.05) is 19.7 Å². The first-order valence-corrected chi connectivity index (χ1v) is 11.1. The average Bonchev–Trinajstić information content (AvgIpc) is 3.49. The Labute approximate surface area is 189 Å². The van der Waals surface area contributed by atoms with Crippen LogP contribution >= 0.6 is 0 Å². The topological polar surface area (TPSA) is 108 Å². The van der Waals surface area contributed by atoms with Crippen LogP contribution in [0.5, 0.6) is 5.75 Å². The summed E-state index contributed by atoms with van der Waals surface area (Å²) in [6.07, 6.45) is 2.11. The van der Waals surface area contributed by atoms with Gasteiger partial charge in [-0.1, -0.05) is 12.1 Å². The first kappa shape index (κ1) is 23.7. The van der Waals surface area contributed by atoms with E-state index < -0.39 is 5.60 Å². The van der Waals surface area contributed by atoms with Crippen LogP contribution in [0.1, 0.15) is 49.3 Å². The van der Waals surface area contributed by atoms with E-state index in [1.807, 2.05) is 51.1 Å². The quantitative estimate of drug-likeness (QED) is 0.333. The van der Waals surface area contributed by atoms with E-state index in [0.29, 0.717) is 36.6 Å². The number of aliphatic imine (C=N–C) groups is 1. The molecule has 1 saturated carbocycles. The molecule has 1 heterocycles. The number of rotatable bonds is 10. The number of aryl methyl sites for hydroxylation is 2. The first-order valence-electron chi connectivity index (χ1n) is 11.1. The molecule has 1 atom stereocenters. The Kier molecular flexibility index (Phi) is 7.80. The molecule has 174 valence electrons. The second kappa shape index (κ2) is 10.5. The van der Waals surface area contributed by atoms with Crippen LogP contribution in [0.15, 0.2) is 39.7 Å². The zero-order chi connectivity index (χ0) is 23.1. The van der Waals surface area contributed by atoms with Crippen LogP contribution in [0.2, 0.25) is 0 Å². The minimum absolute atomic E-state index is 0.00933. The lowest BCUT2D eigenvalue weighted by Crippen LogP contribution is -2.44. The van der Waals surface area contributed by atoms with Gasteiger partial charge >= 0.3 is 0 Å². The molecule has 0 aliphatic heterocycles. The van der Waals surface area contributed by atoms with E-state index in [2.05, 4.69) is 20.9 Å². The number of hydrogen-bond acceptors (Lipinski definition) is 5. The third-order valence-electron chi connectivity index (χ3n) is 5.20. The molecule has 1 aliphatic rings. The average molecular weight is 443 g/mol. The molecule has 0 radical (unpaired) electrons. The zero-order valence-corrected chi connectivity index (χ0v) is 19.3. The molecule has 1 aromatic heterocycles. The fourth-order valence-electron chi connectivity index (χ4n) is 3.41. The van der Waals surface area contributed by atoms with Crippen LogP contribution < -0.4 is 20.7 Å². The highest BCUT2D eigenvalue weighted by Gasteiger charge is 2.28. The van der Waals surface area contributed by atoms with Crippen LogP contribution in [0.4, 0.5) is 0 Å². The summed E-state index contributed by atoms with van der Waals surface area (Å²) in [5.74, 6) is 2.62. The maximum absolute atomic E-state index is 11.8. The van der Waals surface area contributed by atoms with E-state index in [0.717, 1.165) is 29.7 Å². The van der Waals surface area contributed by atoms with E-state index in [1.54, 1.807) is 6.92 Å². The third kappa shape index (κ3) is 7.02. The molecular formula is C24H34N4O4. The molecule has 32 heavy (non-hydrogen) atoms. The molecule has 1 amide bonds. The van der Waals surface area contributed by atoms with Gasteiger partial charge in [0.15, 0.2) is 12.6 Å². The van der Waals surface area contributed by atoms with Gasteiger partial charge in [-0.25, -0.2) is 4.99 Å². The minimum Gasteiger partial charge on any atom is -0.484 e. The van der Waals surface area contributed by atoms with Crippen LogP contribution in [-0.4, -0.2) is 42.7 Å². The monoisotopic (exact) mass is 442 g/mol. The van der Waals surface area contributed by atoms with E-state index in [1.165, 1.54) is 0 Å². The Balaban J connectivity index is 1.57. The molecule has 0 spiro atoms. The summed E-state index contributed by atoms with van der Waals surface area (Å²) in [5.41, 5.74) is 0.608. The summed E-state index contributed by atoms with van der Waals surface area (Å²) < 4.78 is 11.2. The molecule has 8 heteroatoms. The molecule has 4 N–H and O–H groups in total. The number of ether oxygens (including phenoxy) is 1. The van der Waals surface area contributed by atoms with Crippen molar-refractivity contribution in [3.05, 3.63) is 53.0 Å². The number of nitrogens with zero attached hydrogens (tertiary/aromatic N) is 1. The Morgan fingerprint density at radius 1 is 1.28 bits per heavy atom. The van der Waals surface area contributed by atoms with Crippen molar-refractivity contribution in [2.45, 2.75) is 58.7 Å². The highest BCUT2D eigenvalue weighted by Crippen LogP contribution is 2.26. The smallest absolute Gasteiger partial charge is 0.258 e. The lowest BCUT2D eigenvalue weighted by molar-refractivity contribution is -0.123. The van der Waals surface area contributed by atoms with Gasteiger partial charge in [-0.2, -0.15) is 0 Å². The number of benzene rings is 1. The van der Waals surface area contributed by atoms with Crippen LogP contribution in [0.3, 0.4) is 0 Å². The van der Waals surface area contributed by atoms with Gasteiger partial charge in [0.05, 0.1) is 13.1 Å². The van der Waals surface area contributed by atoms with E-state index in [-0.39, 0.29) is 19.1 Å². The van der Waals surface area contributed by atoms with Crippen molar-refractivity contribution in [1.82, 2.24) is 16.0 Å². The van der Waals surface area contributed by atoms with E-state index >= 15 is 0 Å². The van der Waals surface area contributed by atoms with E-state index in [4.69, 9.17) is 9.15 Å². The van der Waals surface area contributed by atoms with Gasteiger partial charge in [0.2, 0.25) is 0 Å². The van der Waals surface area contributed by atoms with Crippen molar-refractivity contribution in [1.29, 1.82) is 0 Å².